The Balaban J connectivity index is 2.00. The minimum Gasteiger partial charge on any atom is -0.468 e. The number of furan rings is 1. The summed E-state index contributed by atoms with van der Waals surface area (Å²) in [6.45, 7) is 2.03. The Morgan fingerprint density at radius 2 is 2.36 bits per heavy atom. The van der Waals surface area contributed by atoms with Crippen molar-refractivity contribution in [2.75, 3.05) is 7.05 Å². The number of hydrogen-bond acceptors (Lipinski definition) is 3. The van der Waals surface area contributed by atoms with Crippen LogP contribution in [0.5, 0.6) is 0 Å². The van der Waals surface area contributed by atoms with Crippen LogP contribution in [0.3, 0.4) is 0 Å². The van der Waals surface area contributed by atoms with Gasteiger partial charge in [0.25, 0.3) is 0 Å². The summed E-state index contributed by atoms with van der Waals surface area (Å²) in [6, 6.07) is 2.75. The number of hydrogen-bond donors (Lipinski definition) is 1. The van der Waals surface area contributed by atoms with Crippen LogP contribution in [0.1, 0.15) is 25.0 Å². The van der Waals surface area contributed by atoms with Gasteiger partial charge in [-0.3, -0.25) is 0 Å². The molecule has 0 aliphatic heterocycles. The molecule has 0 spiro atoms. The van der Waals surface area contributed by atoms with E-state index in [1.165, 1.54) is 24.2 Å². The molecule has 1 heterocycles. The van der Waals surface area contributed by atoms with E-state index >= 15 is 0 Å². The molecule has 78 valence electrons. The molecule has 2 unspecified atom stereocenters. The molecule has 1 aliphatic carbocycles. The first-order chi connectivity index (χ1) is 6.81. The molecule has 0 saturated heterocycles. The fourth-order valence-electron chi connectivity index (χ4n) is 2.06. The minimum atomic E-state index is 0.675. The first-order valence-corrected chi connectivity index (χ1v) is 6.07. The summed E-state index contributed by atoms with van der Waals surface area (Å²) < 4.78 is 5.30. The summed E-state index contributed by atoms with van der Waals surface area (Å²) in [5.74, 6) is 1.05. The maximum atomic E-state index is 5.30. The lowest BCUT2D eigenvalue weighted by Gasteiger charge is -2.17. The summed E-state index contributed by atoms with van der Waals surface area (Å²) in [5, 5.41) is 4.11. The quantitative estimate of drug-likeness (QED) is 0.832. The van der Waals surface area contributed by atoms with Gasteiger partial charge in [0.05, 0.1) is 6.26 Å². The molecule has 1 aliphatic rings. The van der Waals surface area contributed by atoms with Crippen LogP contribution in [0, 0.1) is 6.92 Å². The van der Waals surface area contributed by atoms with Crippen molar-refractivity contribution in [1.82, 2.24) is 5.32 Å². The first kappa shape index (κ1) is 10.1. The molecular weight excluding hydrogens is 194 g/mol. The van der Waals surface area contributed by atoms with Crippen molar-refractivity contribution in [2.24, 2.45) is 0 Å². The van der Waals surface area contributed by atoms with Crippen LogP contribution in [0.25, 0.3) is 0 Å². The second kappa shape index (κ2) is 4.41. The molecule has 3 heteroatoms. The van der Waals surface area contributed by atoms with E-state index in [9.17, 15) is 0 Å². The fraction of sp³-hybridized carbons (Fsp3) is 0.636. The zero-order valence-electron chi connectivity index (χ0n) is 8.75. The molecule has 1 saturated carbocycles. The lowest BCUT2D eigenvalue weighted by atomic mass is 10.2. The van der Waals surface area contributed by atoms with Gasteiger partial charge in [-0.15, -0.1) is 11.8 Å². The first-order valence-electron chi connectivity index (χ1n) is 5.19. The summed E-state index contributed by atoms with van der Waals surface area (Å²) in [4.78, 5) is 1.30. The molecule has 1 fully saturated rings. The number of thioether (sulfide) groups is 1. The molecule has 2 rings (SSSR count). The highest BCUT2D eigenvalue weighted by molar-refractivity contribution is 8.00. The van der Waals surface area contributed by atoms with E-state index in [2.05, 4.69) is 18.4 Å². The summed E-state index contributed by atoms with van der Waals surface area (Å²) in [7, 11) is 2.06. The van der Waals surface area contributed by atoms with Crippen molar-refractivity contribution in [3.8, 4) is 0 Å². The monoisotopic (exact) mass is 211 g/mol. The fourth-order valence-corrected chi connectivity index (χ4v) is 3.45. The standard InChI is InChI=1S/C11H17NOS/c1-8-10(6-7-13-8)14-11-5-3-4-9(11)12-2/h6-7,9,11-12H,3-5H2,1-2H3. The van der Waals surface area contributed by atoms with Crippen LogP contribution in [-0.2, 0) is 0 Å². The van der Waals surface area contributed by atoms with Gasteiger partial charge in [-0.2, -0.15) is 0 Å². The number of rotatable bonds is 3. The highest BCUT2D eigenvalue weighted by atomic mass is 32.2. The second-order valence-corrected chi connectivity index (χ2v) is 5.10. The topological polar surface area (TPSA) is 25.2 Å². The molecular formula is C11H17NOS. The molecule has 1 N–H and O–H groups in total. The predicted molar refractivity (Wildman–Crippen MR) is 59.8 cm³/mol. The Morgan fingerprint density at radius 1 is 1.50 bits per heavy atom. The van der Waals surface area contributed by atoms with E-state index in [1.54, 1.807) is 6.26 Å². The Bertz CT molecular complexity index is 297. The smallest absolute Gasteiger partial charge is 0.114 e. The third-order valence-electron chi connectivity index (χ3n) is 2.91. The molecule has 1 aromatic rings. The van der Waals surface area contributed by atoms with Crippen LogP contribution in [0.2, 0.25) is 0 Å². The average Bonchev–Trinajstić information content (AvgIpc) is 2.77. The van der Waals surface area contributed by atoms with E-state index in [-0.39, 0.29) is 0 Å². The molecule has 0 aromatic carbocycles. The normalized spacial score (nSPS) is 27.0. The maximum absolute atomic E-state index is 5.30. The number of aryl methyl sites for hydroxylation is 1. The van der Waals surface area contributed by atoms with E-state index in [1.807, 2.05) is 18.7 Å². The largest absolute Gasteiger partial charge is 0.468 e. The highest BCUT2D eigenvalue weighted by Crippen LogP contribution is 2.36. The molecule has 2 atom stereocenters. The Labute approximate surface area is 89.4 Å². The second-order valence-electron chi connectivity index (χ2n) is 3.82. The van der Waals surface area contributed by atoms with Crippen molar-refractivity contribution < 1.29 is 4.42 Å². The zero-order valence-corrected chi connectivity index (χ0v) is 9.56. The third kappa shape index (κ3) is 1.98. The number of nitrogens with one attached hydrogen (secondary N) is 1. The highest BCUT2D eigenvalue weighted by Gasteiger charge is 2.27. The van der Waals surface area contributed by atoms with Gasteiger partial charge in [-0.1, -0.05) is 6.42 Å². The molecule has 0 bridgehead atoms. The van der Waals surface area contributed by atoms with Gasteiger partial charge in [-0.25, -0.2) is 0 Å². The van der Waals surface area contributed by atoms with Crippen molar-refractivity contribution in [2.45, 2.75) is 42.4 Å². The Kier molecular flexibility index (Phi) is 3.19. The van der Waals surface area contributed by atoms with Crippen molar-refractivity contribution in [1.29, 1.82) is 0 Å². The third-order valence-corrected chi connectivity index (χ3v) is 4.46. The van der Waals surface area contributed by atoms with E-state index in [0.29, 0.717) is 6.04 Å². The minimum absolute atomic E-state index is 0.675. The van der Waals surface area contributed by atoms with E-state index < -0.39 is 0 Å². The van der Waals surface area contributed by atoms with E-state index in [0.717, 1.165) is 11.0 Å². The van der Waals surface area contributed by atoms with Crippen LogP contribution >= 0.6 is 11.8 Å². The lowest BCUT2D eigenvalue weighted by Crippen LogP contribution is -2.30. The molecule has 1 aromatic heterocycles. The summed E-state index contributed by atoms with van der Waals surface area (Å²) >= 11 is 1.96. The van der Waals surface area contributed by atoms with Crippen LogP contribution in [0.4, 0.5) is 0 Å². The van der Waals surface area contributed by atoms with Gasteiger partial charge in [0.15, 0.2) is 0 Å². The Hall–Kier alpha value is -0.410. The molecule has 14 heavy (non-hydrogen) atoms. The van der Waals surface area contributed by atoms with Gasteiger partial charge in [-0.05, 0) is 32.9 Å². The maximum Gasteiger partial charge on any atom is 0.114 e. The van der Waals surface area contributed by atoms with Gasteiger partial charge in [0.2, 0.25) is 0 Å². The van der Waals surface area contributed by atoms with Gasteiger partial charge in [0.1, 0.15) is 5.76 Å². The van der Waals surface area contributed by atoms with Crippen LogP contribution in [-0.4, -0.2) is 18.3 Å². The SMILES string of the molecule is CNC1CCCC1Sc1ccoc1C. The molecule has 2 nitrogen and oxygen atoms in total. The van der Waals surface area contributed by atoms with Crippen LogP contribution in [0.15, 0.2) is 21.6 Å². The lowest BCUT2D eigenvalue weighted by molar-refractivity contribution is 0.526. The Morgan fingerprint density at radius 3 is 3.00 bits per heavy atom. The molecule has 0 amide bonds. The van der Waals surface area contributed by atoms with Gasteiger partial charge in [0, 0.05) is 16.2 Å². The van der Waals surface area contributed by atoms with Gasteiger partial charge < -0.3 is 9.73 Å². The van der Waals surface area contributed by atoms with Crippen molar-refractivity contribution >= 4 is 11.8 Å². The summed E-state index contributed by atoms with van der Waals surface area (Å²) in [6.07, 6.45) is 5.76. The average molecular weight is 211 g/mol. The van der Waals surface area contributed by atoms with Crippen LogP contribution < -0.4 is 5.32 Å². The van der Waals surface area contributed by atoms with E-state index in [4.69, 9.17) is 4.42 Å². The summed E-state index contributed by atoms with van der Waals surface area (Å²) in [5.41, 5.74) is 0. The van der Waals surface area contributed by atoms with Crippen molar-refractivity contribution in [3.05, 3.63) is 18.1 Å². The predicted octanol–water partition coefficient (Wildman–Crippen LogP) is 2.82. The van der Waals surface area contributed by atoms with Crippen molar-refractivity contribution in [3.63, 3.8) is 0 Å². The van der Waals surface area contributed by atoms with Gasteiger partial charge >= 0.3 is 0 Å². The zero-order chi connectivity index (χ0) is 9.97. The molecule has 0 radical (unpaired) electrons.